The molecule has 1 aliphatic rings. The van der Waals surface area contributed by atoms with Gasteiger partial charge in [-0.3, -0.25) is 9.88 Å². The first-order valence-corrected chi connectivity index (χ1v) is 14.8. The van der Waals surface area contributed by atoms with Gasteiger partial charge in [-0.15, -0.1) is 0 Å². The van der Waals surface area contributed by atoms with Gasteiger partial charge < -0.3 is 15.6 Å². The van der Waals surface area contributed by atoms with Crippen LogP contribution in [0.5, 0.6) is 0 Å². The maximum absolute atomic E-state index is 13.6. The van der Waals surface area contributed by atoms with E-state index in [0.29, 0.717) is 17.7 Å². The van der Waals surface area contributed by atoms with E-state index >= 15 is 0 Å². The number of piperidine rings is 1. The lowest BCUT2D eigenvalue weighted by Crippen LogP contribution is -2.38. The Bertz CT molecular complexity index is 2010. The van der Waals surface area contributed by atoms with Crippen LogP contribution in [0.25, 0.3) is 39.1 Å². The summed E-state index contributed by atoms with van der Waals surface area (Å²) >= 11 is 0. The SMILES string of the molecule is N#Cc1nccc(NC2CCN(Cc3ccc(-n4c(-c5cccnc5N)cc5ncc(-c6ccc(F)cc6)cc54)cc3)CC2)n1. The number of rotatable bonds is 7. The average Bonchev–Trinajstić information content (AvgIpc) is 3.45. The molecule has 2 aromatic carbocycles. The predicted molar refractivity (Wildman–Crippen MR) is 173 cm³/mol. The number of halogens is 1. The highest BCUT2D eigenvalue weighted by atomic mass is 19.1. The van der Waals surface area contributed by atoms with Crippen molar-refractivity contribution in [2.75, 3.05) is 24.1 Å². The second kappa shape index (κ2) is 12.1. The van der Waals surface area contributed by atoms with Gasteiger partial charge in [-0.05, 0) is 78.6 Å². The fraction of sp³-hybridized carbons (Fsp3) is 0.171. The van der Waals surface area contributed by atoms with E-state index in [4.69, 9.17) is 16.0 Å². The second-order valence-corrected chi connectivity index (χ2v) is 11.2. The molecule has 5 heterocycles. The molecule has 0 amide bonds. The maximum Gasteiger partial charge on any atom is 0.234 e. The molecule has 3 N–H and O–H groups in total. The van der Waals surface area contributed by atoms with E-state index in [1.807, 2.05) is 30.5 Å². The number of benzene rings is 2. The lowest BCUT2D eigenvalue weighted by molar-refractivity contribution is 0.211. The van der Waals surface area contributed by atoms with Gasteiger partial charge in [0.15, 0.2) is 0 Å². The number of hydrogen-bond donors (Lipinski definition) is 2. The maximum atomic E-state index is 13.6. The predicted octanol–water partition coefficient (Wildman–Crippen LogP) is 6.21. The molecule has 6 aromatic rings. The van der Waals surface area contributed by atoms with Gasteiger partial charge in [0, 0.05) is 61.1 Å². The van der Waals surface area contributed by atoms with E-state index in [9.17, 15) is 4.39 Å². The smallest absolute Gasteiger partial charge is 0.234 e. The first-order chi connectivity index (χ1) is 22.0. The van der Waals surface area contributed by atoms with E-state index in [-0.39, 0.29) is 11.6 Å². The lowest BCUT2D eigenvalue weighted by atomic mass is 10.0. The van der Waals surface area contributed by atoms with Crippen molar-refractivity contribution < 1.29 is 4.39 Å². The Labute approximate surface area is 259 Å². The second-order valence-electron chi connectivity index (χ2n) is 11.2. The van der Waals surface area contributed by atoms with Crippen LogP contribution in [0.2, 0.25) is 0 Å². The van der Waals surface area contributed by atoms with Gasteiger partial charge in [0.05, 0.1) is 16.7 Å². The average molecular weight is 596 g/mol. The molecule has 0 spiro atoms. The van der Waals surface area contributed by atoms with Gasteiger partial charge in [-0.25, -0.2) is 19.3 Å². The van der Waals surface area contributed by atoms with Crippen LogP contribution in [0.4, 0.5) is 16.0 Å². The van der Waals surface area contributed by atoms with Crippen LogP contribution >= 0.6 is 0 Å². The van der Waals surface area contributed by atoms with Crippen LogP contribution in [0.1, 0.15) is 24.2 Å². The summed E-state index contributed by atoms with van der Waals surface area (Å²) in [6.07, 6.45) is 7.08. The third kappa shape index (κ3) is 5.94. The molecule has 1 aliphatic heterocycles. The number of nitriles is 1. The summed E-state index contributed by atoms with van der Waals surface area (Å²) in [5, 5.41) is 12.5. The number of hydrogen-bond acceptors (Lipinski definition) is 8. The summed E-state index contributed by atoms with van der Waals surface area (Å²) in [6, 6.07) is 27.1. The molecular weight excluding hydrogens is 565 g/mol. The number of nitrogens with zero attached hydrogens (tertiary/aromatic N) is 7. The number of fused-ring (bicyclic) bond motifs is 1. The third-order valence-corrected chi connectivity index (χ3v) is 8.24. The number of nitrogens with one attached hydrogen (secondary N) is 1. The van der Waals surface area contributed by atoms with Gasteiger partial charge in [0.25, 0.3) is 0 Å². The molecule has 222 valence electrons. The van der Waals surface area contributed by atoms with Crippen molar-refractivity contribution in [3.8, 4) is 34.1 Å². The first-order valence-electron chi connectivity index (χ1n) is 14.8. The highest BCUT2D eigenvalue weighted by Crippen LogP contribution is 2.35. The van der Waals surface area contributed by atoms with Crippen molar-refractivity contribution in [2.45, 2.75) is 25.4 Å². The van der Waals surface area contributed by atoms with E-state index < -0.39 is 0 Å². The topological polar surface area (TPSA) is 122 Å². The largest absolute Gasteiger partial charge is 0.383 e. The van der Waals surface area contributed by atoms with Gasteiger partial charge in [-0.1, -0.05) is 24.3 Å². The van der Waals surface area contributed by atoms with E-state index in [2.05, 4.69) is 60.1 Å². The molecule has 0 aliphatic carbocycles. The van der Waals surface area contributed by atoms with Crippen molar-refractivity contribution in [1.29, 1.82) is 5.26 Å². The number of anilines is 2. The Morgan fingerprint density at radius 3 is 2.47 bits per heavy atom. The molecule has 0 unspecified atom stereocenters. The van der Waals surface area contributed by atoms with Gasteiger partial charge in [0.1, 0.15) is 23.5 Å². The minimum absolute atomic E-state index is 0.175. The van der Waals surface area contributed by atoms with Gasteiger partial charge in [-0.2, -0.15) is 5.26 Å². The summed E-state index contributed by atoms with van der Waals surface area (Å²) in [5.41, 5.74) is 13.8. The molecular formula is C35H30FN9. The summed E-state index contributed by atoms with van der Waals surface area (Å²) < 4.78 is 15.8. The molecule has 45 heavy (non-hydrogen) atoms. The van der Waals surface area contributed by atoms with Crippen molar-refractivity contribution in [1.82, 2.24) is 29.4 Å². The zero-order valence-electron chi connectivity index (χ0n) is 24.4. The molecule has 7 rings (SSSR count). The molecule has 9 nitrogen and oxygen atoms in total. The monoisotopic (exact) mass is 595 g/mol. The number of likely N-dealkylation sites (tertiary alicyclic amines) is 1. The molecule has 0 atom stereocenters. The Morgan fingerprint density at radius 1 is 0.911 bits per heavy atom. The molecule has 1 fully saturated rings. The van der Waals surface area contributed by atoms with Crippen LogP contribution < -0.4 is 11.1 Å². The van der Waals surface area contributed by atoms with Crippen LogP contribution in [0.3, 0.4) is 0 Å². The van der Waals surface area contributed by atoms with Gasteiger partial charge in [0.2, 0.25) is 5.82 Å². The molecule has 1 saturated heterocycles. The normalized spacial score (nSPS) is 14.0. The van der Waals surface area contributed by atoms with E-state index in [1.54, 1.807) is 30.6 Å². The molecule has 0 saturated carbocycles. The molecule has 0 bridgehead atoms. The molecule has 4 aromatic heterocycles. The summed E-state index contributed by atoms with van der Waals surface area (Å²) in [6.45, 7) is 2.77. The summed E-state index contributed by atoms with van der Waals surface area (Å²) in [4.78, 5) is 19.7. The Morgan fingerprint density at radius 2 is 1.71 bits per heavy atom. The van der Waals surface area contributed by atoms with Crippen molar-refractivity contribution in [2.24, 2.45) is 0 Å². The molecule has 0 radical (unpaired) electrons. The van der Waals surface area contributed by atoms with Crippen molar-refractivity contribution >= 4 is 22.7 Å². The Hall–Kier alpha value is -5.66. The van der Waals surface area contributed by atoms with Crippen molar-refractivity contribution in [3.63, 3.8) is 0 Å². The quantitative estimate of drug-likeness (QED) is 0.223. The van der Waals surface area contributed by atoms with E-state index in [0.717, 1.165) is 71.6 Å². The van der Waals surface area contributed by atoms with Crippen LogP contribution in [-0.2, 0) is 6.54 Å². The van der Waals surface area contributed by atoms with Crippen LogP contribution in [-0.4, -0.2) is 48.5 Å². The summed E-state index contributed by atoms with van der Waals surface area (Å²) in [5.74, 6) is 1.04. The van der Waals surface area contributed by atoms with Crippen LogP contribution in [0.15, 0.2) is 97.5 Å². The zero-order valence-corrected chi connectivity index (χ0v) is 24.4. The fourth-order valence-electron chi connectivity index (χ4n) is 5.93. The lowest BCUT2D eigenvalue weighted by Gasteiger charge is -2.32. The van der Waals surface area contributed by atoms with E-state index in [1.165, 1.54) is 17.7 Å². The summed E-state index contributed by atoms with van der Waals surface area (Å²) in [7, 11) is 0. The highest BCUT2D eigenvalue weighted by Gasteiger charge is 2.21. The molecule has 10 heteroatoms. The number of aromatic nitrogens is 5. The van der Waals surface area contributed by atoms with Gasteiger partial charge >= 0.3 is 0 Å². The Kier molecular flexibility index (Phi) is 7.59. The third-order valence-electron chi connectivity index (χ3n) is 8.24. The minimum Gasteiger partial charge on any atom is -0.383 e. The first kappa shape index (κ1) is 28.1. The standard InChI is InChI=1S/C35H30FN9/c36-26-7-5-24(6-8-26)25-18-32-30(41-21-25)19-31(29-2-1-14-40-35(29)38)45(32)28-9-3-23(4-10-28)22-44-16-12-27(13-17-44)42-33-11-15-39-34(20-37)43-33/h1-11,14-15,18-19,21,27H,12-13,16-17,22H2,(H2,38,40)(H,39,42,43). The number of nitrogens with two attached hydrogens (primary N) is 1. The fourth-order valence-corrected chi connectivity index (χ4v) is 5.93. The number of nitrogen functional groups attached to an aromatic ring is 1. The highest BCUT2D eigenvalue weighted by molar-refractivity contribution is 5.90. The van der Waals surface area contributed by atoms with Crippen LogP contribution in [0, 0.1) is 17.1 Å². The number of pyridine rings is 2. The zero-order chi connectivity index (χ0) is 30.8. The Balaban J connectivity index is 1.13. The minimum atomic E-state index is -0.274. The van der Waals surface area contributed by atoms with Crippen molar-refractivity contribution in [3.05, 3.63) is 115 Å².